The Morgan fingerprint density at radius 3 is 2.62 bits per heavy atom. The number of hydrogen-bond acceptors (Lipinski definition) is 1. The number of nitrogens with one attached hydrogen (secondary N) is 1. The van der Waals surface area contributed by atoms with Gasteiger partial charge < -0.3 is 5.32 Å². The van der Waals surface area contributed by atoms with E-state index in [1.54, 1.807) is 0 Å². The van der Waals surface area contributed by atoms with E-state index in [4.69, 9.17) is 0 Å². The van der Waals surface area contributed by atoms with Crippen molar-refractivity contribution < 1.29 is 4.79 Å². The first-order valence-corrected chi connectivity index (χ1v) is 5.88. The van der Waals surface area contributed by atoms with E-state index in [1.807, 2.05) is 18.2 Å². The van der Waals surface area contributed by atoms with Crippen LogP contribution in [0.15, 0.2) is 42.5 Å². The molecule has 3 unspecified atom stereocenters. The first-order valence-electron chi connectivity index (χ1n) is 5.88. The van der Waals surface area contributed by atoms with Gasteiger partial charge in [-0.2, -0.15) is 0 Å². The fraction of sp³-hybridized carbons (Fsp3) is 0.357. The number of rotatable bonds is 2. The van der Waals surface area contributed by atoms with Crippen LogP contribution >= 0.6 is 0 Å². The number of amides is 1. The van der Waals surface area contributed by atoms with Crippen LogP contribution in [0.3, 0.4) is 0 Å². The molecule has 0 radical (unpaired) electrons. The van der Waals surface area contributed by atoms with E-state index in [9.17, 15) is 4.79 Å². The van der Waals surface area contributed by atoms with Gasteiger partial charge in [-0.25, -0.2) is 0 Å². The van der Waals surface area contributed by atoms with Crippen LogP contribution < -0.4 is 5.32 Å². The van der Waals surface area contributed by atoms with Crippen molar-refractivity contribution in [3.63, 3.8) is 0 Å². The number of allylic oxidation sites excluding steroid dienone is 2. The zero-order valence-corrected chi connectivity index (χ0v) is 9.10. The topological polar surface area (TPSA) is 29.1 Å². The van der Waals surface area contributed by atoms with E-state index < -0.39 is 0 Å². The van der Waals surface area contributed by atoms with Crippen LogP contribution in [0, 0.1) is 11.8 Å². The molecule has 1 aromatic carbocycles. The average Bonchev–Trinajstić information content (AvgIpc) is 2.80. The highest BCUT2D eigenvalue weighted by Gasteiger charge is 2.44. The summed E-state index contributed by atoms with van der Waals surface area (Å²) in [5, 5.41) is 3.01. The van der Waals surface area contributed by atoms with E-state index in [-0.39, 0.29) is 17.9 Å². The van der Waals surface area contributed by atoms with Gasteiger partial charge in [0, 0.05) is 0 Å². The van der Waals surface area contributed by atoms with Gasteiger partial charge >= 0.3 is 0 Å². The fourth-order valence-corrected chi connectivity index (χ4v) is 2.74. The van der Waals surface area contributed by atoms with E-state index in [2.05, 4.69) is 29.6 Å². The molecule has 0 aromatic heterocycles. The zero-order valence-electron chi connectivity index (χ0n) is 9.10. The fourth-order valence-electron chi connectivity index (χ4n) is 2.74. The molecule has 0 saturated carbocycles. The number of hydrogen-bond donors (Lipinski definition) is 1. The lowest BCUT2D eigenvalue weighted by Crippen LogP contribution is -2.54. The minimum absolute atomic E-state index is 0.154. The van der Waals surface area contributed by atoms with Crippen molar-refractivity contribution in [3.05, 3.63) is 48.0 Å². The van der Waals surface area contributed by atoms with Crippen LogP contribution in [0.25, 0.3) is 0 Å². The van der Waals surface area contributed by atoms with Crippen molar-refractivity contribution >= 4 is 5.91 Å². The third kappa shape index (κ3) is 1.45. The van der Waals surface area contributed by atoms with Gasteiger partial charge in [0.15, 0.2) is 0 Å². The van der Waals surface area contributed by atoms with Crippen LogP contribution in [-0.4, -0.2) is 5.91 Å². The van der Waals surface area contributed by atoms with Gasteiger partial charge in [0.05, 0.1) is 12.0 Å². The van der Waals surface area contributed by atoms with E-state index in [0.717, 1.165) is 12.8 Å². The molecule has 1 saturated heterocycles. The predicted octanol–water partition coefficient (Wildman–Crippen LogP) is 2.44. The minimum Gasteiger partial charge on any atom is -0.348 e. The Bertz CT molecular complexity index is 424. The van der Waals surface area contributed by atoms with E-state index in [0.29, 0.717) is 5.92 Å². The molecule has 0 bridgehead atoms. The largest absolute Gasteiger partial charge is 0.348 e. The van der Waals surface area contributed by atoms with E-state index in [1.165, 1.54) is 5.56 Å². The summed E-state index contributed by atoms with van der Waals surface area (Å²) in [5.41, 5.74) is 1.23. The number of β-lactam (4-membered cyclic amide) rings is 1. The number of carbonyl (C=O) groups excluding carboxylic acids is 1. The molecule has 3 atom stereocenters. The maximum absolute atomic E-state index is 11.7. The Morgan fingerprint density at radius 2 is 2.00 bits per heavy atom. The van der Waals surface area contributed by atoms with Crippen molar-refractivity contribution in [2.45, 2.75) is 18.9 Å². The molecule has 1 fully saturated rings. The smallest absolute Gasteiger partial charge is 0.226 e. The van der Waals surface area contributed by atoms with Crippen LogP contribution in [0.1, 0.15) is 24.4 Å². The van der Waals surface area contributed by atoms with Gasteiger partial charge in [-0.15, -0.1) is 0 Å². The second-order valence-corrected chi connectivity index (χ2v) is 4.59. The molecule has 1 N–H and O–H groups in total. The summed E-state index contributed by atoms with van der Waals surface area (Å²) in [6.45, 7) is 0. The molecule has 3 rings (SSSR count). The van der Waals surface area contributed by atoms with Gasteiger partial charge in [0.1, 0.15) is 0 Å². The van der Waals surface area contributed by atoms with Crippen LogP contribution in [0.2, 0.25) is 0 Å². The molecule has 2 heteroatoms. The Morgan fingerprint density at radius 1 is 1.19 bits per heavy atom. The predicted molar refractivity (Wildman–Crippen MR) is 62.7 cm³/mol. The highest BCUT2D eigenvalue weighted by molar-refractivity contribution is 5.87. The first-order chi connectivity index (χ1) is 7.86. The van der Waals surface area contributed by atoms with Gasteiger partial charge in [0.25, 0.3) is 0 Å². The quantitative estimate of drug-likeness (QED) is 0.593. The highest BCUT2D eigenvalue weighted by Crippen LogP contribution is 2.40. The molecule has 16 heavy (non-hydrogen) atoms. The maximum atomic E-state index is 11.7. The Hall–Kier alpha value is -1.57. The minimum atomic E-state index is 0.154. The Labute approximate surface area is 95.4 Å². The van der Waals surface area contributed by atoms with Crippen LogP contribution in [-0.2, 0) is 4.79 Å². The summed E-state index contributed by atoms with van der Waals surface area (Å²) >= 11 is 0. The van der Waals surface area contributed by atoms with Gasteiger partial charge in [-0.1, -0.05) is 42.5 Å². The van der Waals surface area contributed by atoms with Gasteiger partial charge in [-0.3, -0.25) is 4.79 Å². The van der Waals surface area contributed by atoms with Crippen molar-refractivity contribution in [2.24, 2.45) is 11.8 Å². The summed E-state index contributed by atoms with van der Waals surface area (Å²) in [5.74, 6) is 0.811. The van der Waals surface area contributed by atoms with Crippen molar-refractivity contribution in [1.29, 1.82) is 0 Å². The summed E-state index contributed by atoms with van der Waals surface area (Å²) in [4.78, 5) is 11.7. The summed E-state index contributed by atoms with van der Waals surface area (Å²) in [7, 11) is 0. The second-order valence-electron chi connectivity index (χ2n) is 4.59. The van der Waals surface area contributed by atoms with E-state index >= 15 is 0 Å². The molecular weight excluding hydrogens is 198 g/mol. The Kier molecular flexibility index (Phi) is 2.28. The molecule has 2 aliphatic rings. The van der Waals surface area contributed by atoms with Crippen LogP contribution in [0.5, 0.6) is 0 Å². The molecule has 1 amide bonds. The average molecular weight is 213 g/mol. The van der Waals surface area contributed by atoms with Gasteiger partial charge in [-0.05, 0) is 24.3 Å². The molecule has 2 nitrogen and oxygen atoms in total. The molecule has 1 aliphatic carbocycles. The van der Waals surface area contributed by atoms with Gasteiger partial charge in [0.2, 0.25) is 5.91 Å². The van der Waals surface area contributed by atoms with Crippen molar-refractivity contribution in [1.82, 2.24) is 5.32 Å². The van der Waals surface area contributed by atoms with Crippen molar-refractivity contribution in [2.75, 3.05) is 0 Å². The Balaban J connectivity index is 1.82. The van der Waals surface area contributed by atoms with Crippen molar-refractivity contribution in [3.8, 4) is 0 Å². The molecule has 1 heterocycles. The highest BCUT2D eigenvalue weighted by atomic mass is 16.2. The molecule has 1 aliphatic heterocycles. The number of benzene rings is 1. The summed E-state index contributed by atoms with van der Waals surface area (Å²) < 4.78 is 0. The lowest BCUT2D eigenvalue weighted by Gasteiger charge is -2.40. The lowest BCUT2D eigenvalue weighted by atomic mass is 9.76. The monoisotopic (exact) mass is 213 g/mol. The zero-order chi connectivity index (χ0) is 11.0. The maximum Gasteiger partial charge on any atom is 0.226 e. The number of carbonyl (C=O) groups is 1. The molecule has 0 spiro atoms. The summed E-state index contributed by atoms with van der Waals surface area (Å²) in [6.07, 6.45) is 6.65. The first kappa shape index (κ1) is 9.64. The lowest BCUT2D eigenvalue weighted by molar-refractivity contribution is -0.137. The summed E-state index contributed by atoms with van der Waals surface area (Å²) in [6, 6.07) is 10.5. The molecule has 82 valence electrons. The molecular formula is C14H15NO. The van der Waals surface area contributed by atoms with Crippen LogP contribution in [0.4, 0.5) is 0 Å². The normalized spacial score (nSPS) is 32.2. The molecule has 1 aromatic rings. The second kappa shape index (κ2) is 3.78. The SMILES string of the molecule is O=C1NC(c2ccccc2)C1C1C=CCC1. The third-order valence-electron chi connectivity index (χ3n) is 3.63. The standard InChI is InChI=1S/C14H15NO/c16-14-12(10-6-4-5-7-10)13(15-14)11-8-2-1-3-9-11/h1-4,6,8-10,12-13H,5,7H2,(H,15,16). The third-order valence-corrected chi connectivity index (χ3v) is 3.63.